The van der Waals surface area contributed by atoms with Crippen LogP contribution in [0, 0.1) is 6.92 Å². The van der Waals surface area contributed by atoms with Gasteiger partial charge in [-0.15, -0.1) is 11.3 Å². The Kier molecular flexibility index (Phi) is 6.30. The number of benzene rings is 1. The summed E-state index contributed by atoms with van der Waals surface area (Å²) in [6.45, 7) is 8.35. The molecular formula is C17H21ClN2O2S. The highest BCUT2D eigenvalue weighted by Crippen LogP contribution is 2.24. The first kappa shape index (κ1) is 17.6. The smallest absolute Gasteiger partial charge is 0.411 e. The number of halogens is 1. The summed E-state index contributed by atoms with van der Waals surface area (Å²) in [5.41, 5.74) is 2.92. The highest BCUT2D eigenvalue weighted by Gasteiger charge is 2.09. The van der Waals surface area contributed by atoms with E-state index in [0.29, 0.717) is 4.34 Å². The number of amides is 1. The highest BCUT2D eigenvalue weighted by molar-refractivity contribution is 7.16. The maximum atomic E-state index is 11.9. The van der Waals surface area contributed by atoms with Crippen molar-refractivity contribution >= 4 is 40.4 Å². The van der Waals surface area contributed by atoms with E-state index < -0.39 is 6.09 Å². The summed E-state index contributed by atoms with van der Waals surface area (Å²) in [6, 6.07) is 9.63. The van der Waals surface area contributed by atoms with E-state index in [-0.39, 0.29) is 6.61 Å². The highest BCUT2D eigenvalue weighted by atomic mass is 35.5. The lowest BCUT2D eigenvalue weighted by molar-refractivity contribution is 0.156. The summed E-state index contributed by atoms with van der Waals surface area (Å²) in [5, 5.41) is 2.78. The van der Waals surface area contributed by atoms with E-state index in [0.717, 1.165) is 34.9 Å². The minimum absolute atomic E-state index is 0.222. The zero-order chi connectivity index (χ0) is 16.8. The van der Waals surface area contributed by atoms with Gasteiger partial charge in [0.05, 0.1) is 4.34 Å². The number of carbonyl (C=O) groups excluding carboxylic acids is 1. The first-order valence-corrected chi connectivity index (χ1v) is 8.76. The molecule has 0 fully saturated rings. The van der Waals surface area contributed by atoms with Crippen LogP contribution in [0.25, 0.3) is 0 Å². The van der Waals surface area contributed by atoms with Gasteiger partial charge < -0.3 is 9.64 Å². The van der Waals surface area contributed by atoms with Crippen molar-refractivity contribution in [1.29, 1.82) is 0 Å². The van der Waals surface area contributed by atoms with Crippen LogP contribution in [0.3, 0.4) is 0 Å². The van der Waals surface area contributed by atoms with Crippen molar-refractivity contribution < 1.29 is 9.53 Å². The molecular weight excluding hydrogens is 332 g/mol. The Morgan fingerprint density at radius 2 is 2.00 bits per heavy atom. The predicted octanol–water partition coefficient (Wildman–Crippen LogP) is 5.30. The van der Waals surface area contributed by atoms with Gasteiger partial charge in [-0.25, -0.2) is 4.79 Å². The van der Waals surface area contributed by atoms with Crippen molar-refractivity contribution in [1.82, 2.24) is 0 Å². The average Bonchev–Trinajstić information content (AvgIpc) is 2.95. The molecule has 4 nitrogen and oxygen atoms in total. The quantitative estimate of drug-likeness (QED) is 0.766. The fourth-order valence-electron chi connectivity index (χ4n) is 2.29. The maximum absolute atomic E-state index is 11.9. The fraction of sp³-hybridized carbons (Fsp3) is 0.353. The van der Waals surface area contributed by atoms with Gasteiger partial charge >= 0.3 is 6.09 Å². The molecule has 0 saturated heterocycles. The summed E-state index contributed by atoms with van der Waals surface area (Å²) in [4.78, 5) is 15.1. The standard InChI is InChI=1S/C17H21ClN2O2S/c1-4-20(5-2)13-6-8-15(12(3)10-13)19-17(21)22-11-14-7-9-16(18)23-14/h6-10H,4-5,11H2,1-3H3,(H,19,21). The third-order valence-electron chi connectivity index (χ3n) is 3.55. The van der Waals surface area contributed by atoms with Crippen molar-refractivity contribution in [3.05, 3.63) is 45.1 Å². The maximum Gasteiger partial charge on any atom is 0.411 e. The molecule has 1 aromatic carbocycles. The average molecular weight is 353 g/mol. The van der Waals surface area contributed by atoms with E-state index in [1.807, 2.05) is 25.1 Å². The van der Waals surface area contributed by atoms with E-state index in [2.05, 4.69) is 30.1 Å². The molecule has 2 aromatic rings. The van der Waals surface area contributed by atoms with Gasteiger partial charge in [-0.1, -0.05) is 11.6 Å². The molecule has 0 bridgehead atoms. The molecule has 0 spiro atoms. The van der Waals surface area contributed by atoms with Gasteiger partial charge in [-0.05, 0) is 56.7 Å². The van der Waals surface area contributed by atoms with E-state index in [1.165, 1.54) is 11.3 Å². The predicted molar refractivity (Wildman–Crippen MR) is 97.9 cm³/mol. The van der Waals surface area contributed by atoms with Crippen LogP contribution < -0.4 is 10.2 Å². The summed E-state index contributed by atoms with van der Waals surface area (Å²) in [7, 11) is 0. The Hall–Kier alpha value is -1.72. The summed E-state index contributed by atoms with van der Waals surface area (Å²) < 4.78 is 5.90. The fourth-order valence-corrected chi connectivity index (χ4v) is 3.29. The van der Waals surface area contributed by atoms with Crippen LogP contribution >= 0.6 is 22.9 Å². The first-order valence-electron chi connectivity index (χ1n) is 7.57. The van der Waals surface area contributed by atoms with Crippen LogP contribution in [0.5, 0.6) is 0 Å². The summed E-state index contributed by atoms with van der Waals surface area (Å²) >= 11 is 7.25. The second kappa shape index (κ2) is 8.22. The van der Waals surface area contributed by atoms with Crippen molar-refractivity contribution in [2.75, 3.05) is 23.3 Å². The molecule has 1 heterocycles. The van der Waals surface area contributed by atoms with Crippen LogP contribution in [0.1, 0.15) is 24.3 Å². The van der Waals surface area contributed by atoms with Crippen molar-refractivity contribution in [3.63, 3.8) is 0 Å². The topological polar surface area (TPSA) is 41.6 Å². The first-order chi connectivity index (χ1) is 11.0. The third-order valence-corrected chi connectivity index (χ3v) is 4.75. The molecule has 2 rings (SSSR count). The number of nitrogens with one attached hydrogen (secondary N) is 1. The second-order valence-electron chi connectivity index (χ2n) is 5.08. The number of aryl methyl sites for hydroxylation is 1. The molecule has 1 aromatic heterocycles. The molecule has 0 radical (unpaired) electrons. The molecule has 0 aliphatic carbocycles. The molecule has 6 heteroatoms. The number of rotatable bonds is 6. The van der Waals surface area contributed by atoms with E-state index in [4.69, 9.17) is 16.3 Å². The van der Waals surface area contributed by atoms with Gasteiger partial charge in [0.1, 0.15) is 6.61 Å². The van der Waals surface area contributed by atoms with E-state index in [9.17, 15) is 4.79 Å². The summed E-state index contributed by atoms with van der Waals surface area (Å²) in [6.07, 6.45) is -0.465. The van der Waals surface area contributed by atoms with Crippen molar-refractivity contribution in [2.45, 2.75) is 27.4 Å². The zero-order valence-corrected chi connectivity index (χ0v) is 15.1. The van der Waals surface area contributed by atoms with Crippen LogP contribution in [-0.4, -0.2) is 19.2 Å². The lowest BCUT2D eigenvalue weighted by atomic mass is 10.1. The zero-order valence-electron chi connectivity index (χ0n) is 13.6. The molecule has 0 atom stereocenters. The van der Waals surface area contributed by atoms with Crippen LogP contribution in [-0.2, 0) is 11.3 Å². The molecule has 0 aliphatic rings. The Bertz CT molecular complexity index is 668. The number of thiophene rings is 1. The number of anilines is 2. The van der Waals surface area contributed by atoms with Crippen molar-refractivity contribution in [2.24, 2.45) is 0 Å². The molecule has 1 N–H and O–H groups in total. The molecule has 23 heavy (non-hydrogen) atoms. The molecule has 124 valence electrons. The minimum atomic E-state index is -0.465. The Labute approximate surface area is 146 Å². The minimum Gasteiger partial charge on any atom is -0.444 e. The van der Waals surface area contributed by atoms with Gasteiger partial charge in [0, 0.05) is 29.3 Å². The lowest BCUT2D eigenvalue weighted by Gasteiger charge is -2.22. The largest absolute Gasteiger partial charge is 0.444 e. The van der Waals surface area contributed by atoms with Crippen LogP contribution in [0.2, 0.25) is 4.34 Å². The van der Waals surface area contributed by atoms with E-state index in [1.54, 1.807) is 6.07 Å². The summed E-state index contributed by atoms with van der Waals surface area (Å²) in [5.74, 6) is 0. The molecule has 0 aliphatic heterocycles. The second-order valence-corrected chi connectivity index (χ2v) is 6.88. The molecule has 0 saturated carbocycles. The monoisotopic (exact) mass is 352 g/mol. The normalized spacial score (nSPS) is 10.4. The van der Waals surface area contributed by atoms with Gasteiger partial charge in [-0.3, -0.25) is 5.32 Å². The van der Waals surface area contributed by atoms with Gasteiger partial charge in [-0.2, -0.15) is 0 Å². The number of hydrogen-bond donors (Lipinski definition) is 1. The van der Waals surface area contributed by atoms with Gasteiger partial charge in [0.2, 0.25) is 0 Å². The third kappa shape index (κ3) is 4.88. The Morgan fingerprint density at radius 1 is 1.26 bits per heavy atom. The van der Waals surface area contributed by atoms with Crippen molar-refractivity contribution in [3.8, 4) is 0 Å². The van der Waals surface area contributed by atoms with E-state index >= 15 is 0 Å². The number of hydrogen-bond acceptors (Lipinski definition) is 4. The lowest BCUT2D eigenvalue weighted by Crippen LogP contribution is -2.22. The number of carbonyl (C=O) groups is 1. The number of nitrogens with zero attached hydrogens (tertiary/aromatic N) is 1. The van der Waals surface area contributed by atoms with Crippen LogP contribution in [0.15, 0.2) is 30.3 Å². The molecule has 1 amide bonds. The van der Waals surface area contributed by atoms with Gasteiger partial charge in [0.15, 0.2) is 0 Å². The number of ether oxygens (including phenoxy) is 1. The van der Waals surface area contributed by atoms with Gasteiger partial charge in [0.25, 0.3) is 0 Å². The van der Waals surface area contributed by atoms with Crippen LogP contribution in [0.4, 0.5) is 16.2 Å². The molecule has 0 unspecified atom stereocenters. The SMILES string of the molecule is CCN(CC)c1ccc(NC(=O)OCc2ccc(Cl)s2)c(C)c1. The Balaban J connectivity index is 1.95. The Morgan fingerprint density at radius 3 is 2.57 bits per heavy atom.